The van der Waals surface area contributed by atoms with Crippen LogP contribution < -0.4 is 4.74 Å². The molecule has 0 saturated heterocycles. The normalized spacial score (nSPS) is 10.6. The van der Waals surface area contributed by atoms with Gasteiger partial charge in [0, 0.05) is 11.1 Å². The SMILES string of the molecule is N#CC=Cc1cc(Cl)c(OCc2ccc(Cl)cc2)c(Cl)c1. The minimum atomic E-state index is 0.337. The highest BCUT2D eigenvalue weighted by Crippen LogP contribution is 2.35. The second kappa shape index (κ2) is 7.38. The number of rotatable bonds is 4. The number of hydrogen-bond donors (Lipinski definition) is 0. The fourth-order valence-corrected chi connectivity index (χ4v) is 2.42. The zero-order valence-electron chi connectivity index (χ0n) is 10.8. The van der Waals surface area contributed by atoms with E-state index in [1.165, 1.54) is 6.08 Å². The lowest BCUT2D eigenvalue weighted by Gasteiger charge is -2.11. The van der Waals surface area contributed by atoms with Crippen LogP contribution in [0, 0.1) is 11.3 Å². The number of halogens is 3. The van der Waals surface area contributed by atoms with Gasteiger partial charge in [-0.3, -0.25) is 0 Å². The van der Waals surface area contributed by atoms with Crippen molar-refractivity contribution in [3.63, 3.8) is 0 Å². The molecule has 0 radical (unpaired) electrons. The van der Waals surface area contributed by atoms with Crippen molar-refractivity contribution in [3.8, 4) is 11.8 Å². The van der Waals surface area contributed by atoms with Crippen LogP contribution in [0.25, 0.3) is 6.08 Å². The molecule has 0 heterocycles. The smallest absolute Gasteiger partial charge is 0.157 e. The Bertz CT molecular complexity index is 679. The van der Waals surface area contributed by atoms with Crippen molar-refractivity contribution >= 4 is 40.9 Å². The van der Waals surface area contributed by atoms with Crippen LogP contribution in [0.5, 0.6) is 5.75 Å². The van der Waals surface area contributed by atoms with E-state index in [0.29, 0.717) is 27.4 Å². The number of ether oxygens (including phenoxy) is 1. The van der Waals surface area contributed by atoms with Crippen LogP contribution in [0.15, 0.2) is 42.5 Å². The quantitative estimate of drug-likeness (QED) is 0.664. The summed E-state index contributed by atoms with van der Waals surface area (Å²) < 4.78 is 5.66. The third kappa shape index (κ3) is 4.41. The van der Waals surface area contributed by atoms with Gasteiger partial charge >= 0.3 is 0 Å². The van der Waals surface area contributed by atoms with Crippen molar-refractivity contribution in [2.75, 3.05) is 0 Å². The summed E-state index contributed by atoms with van der Waals surface area (Å²) in [5.41, 5.74) is 1.70. The molecule has 0 N–H and O–H groups in total. The first-order valence-corrected chi connectivity index (χ1v) is 7.16. The Morgan fingerprint density at radius 3 is 2.24 bits per heavy atom. The molecular weight excluding hydrogens is 329 g/mol. The van der Waals surface area contributed by atoms with Crippen molar-refractivity contribution in [1.82, 2.24) is 0 Å². The average Bonchev–Trinajstić information content (AvgIpc) is 2.46. The van der Waals surface area contributed by atoms with E-state index in [1.807, 2.05) is 18.2 Å². The first-order chi connectivity index (χ1) is 10.1. The third-order valence-electron chi connectivity index (χ3n) is 2.67. The Labute approximate surface area is 138 Å². The van der Waals surface area contributed by atoms with E-state index in [4.69, 9.17) is 44.8 Å². The van der Waals surface area contributed by atoms with E-state index in [0.717, 1.165) is 11.1 Å². The molecule has 0 amide bonds. The first-order valence-electron chi connectivity index (χ1n) is 6.02. The van der Waals surface area contributed by atoms with Gasteiger partial charge in [-0.2, -0.15) is 5.26 Å². The highest BCUT2D eigenvalue weighted by atomic mass is 35.5. The van der Waals surface area contributed by atoms with Crippen LogP contribution in [0.3, 0.4) is 0 Å². The van der Waals surface area contributed by atoms with Crippen molar-refractivity contribution < 1.29 is 4.74 Å². The predicted octanol–water partition coefficient (Wildman–Crippen LogP) is 5.76. The molecule has 0 aliphatic heterocycles. The van der Waals surface area contributed by atoms with E-state index in [9.17, 15) is 0 Å². The highest BCUT2D eigenvalue weighted by molar-refractivity contribution is 6.37. The van der Waals surface area contributed by atoms with Gasteiger partial charge in [-0.1, -0.05) is 46.9 Å². The summed E-state index contributed by atoms with van der Waals surface area (Å²) in [5, 5.41) is 9.98. The summed E-state index contributed by atoms with van der Waals surface area (Å²) in [6, 6.07) is 12.6. The molecule has 0 aromatic heterocycles. The van der Waals surface area contributed by atoms with E-state index in [2.05, 4.69) is 0 Å². The molecule has 0 unspecified atom stereocenters. The number of nitrogens with zero attached hydrogens (tertiary/aromatic N) is 1. The molecule has 0 aliphatic carbocycles. The second-order valence-corrected chi connectivity index (χ2v) is 5.44. The largest absolute Gasteiger partial charge is 0.486 e. The number of benzene rings is 2. The number of hydrogen-bond acceptors (Lipinski definition) is 2. The fourth-order valence-electron chi connectivity index (χ4n) is 1.68. The van der Waals surface area contributed by atoms with Gasteiger partial charge in [-0.15, -0.1) is 0 Å². The monoisotopic (exact) mass is 337 g/mol. The van der Waals surface area contributed by atoms with E-state index in [1.54, 1.807) is 30.3 Å². The predicted molar refractivity (Wildman–Crippen MR) is 86.9 cm³/mol. The van der Waals surface area contributed by atoms with Gasteiger partial charge in [0.25, 0.3) is 0 Å². The minimum Gasteiger partial charge on any atom is -0.486 e. The second-order valence-electron chi connectivity index (χ2n) is 4.19. The van der Waals surface area contributed by atoms with Gasteiger partial charge in [0.15, 0.2) is 5.75 Å². The van der Waals surface area contributed by atoms with Crippen molar-refractivity contribution in [2.45, 2.75) is 6.61 Å². The van der Waals surface area contributed by atoms with Gasteiger partial charge in [0.2, 0.25) is 0 Å². The van der Waals surface area contributed by atoms with Crippen LogP contribution in [-0.4, -0.2) is 0 Å². The highest BCUT2D eigenvalue weighted by Gasteiger charge is 2.09. The minimum absolute atomic E-state index is 0.337. The molecule has 2 rings (SSSR count). The maximum atomic E-state index is 8.51. The molecule has 2 nitrogen and oxygen atoms in total. The number of allylic oxidation sites excluding steroid dienone is 1. The maximum absolute atomic E-state index is 8.51. The van der Waals surface area contributed by atoms with Crippen molar-refractivity contribution in [3.05, 3.63) is 68.7 Å². The van der Waals surface area contributed by atoms with Gasteiger partial charge in [-0.25, -0.2) is 0 Å². The van der Waals surface area contributed by atoms with E-state index in [-0.39, 0.29) is 0 Å². The molecule has 0 bridgehead atoms. The molecule has 0 aliphatic rings. The van der Waals surface area contributed by atoms with Gasteiger partial charge in [0.1, 0.15) is 6.61 Å². The topological polar surface area (TPSA) is 33.0 Å². The molecule has 2 aromatic rings. The lowest BCUT2D eigenvalue weighted by molar-refractivity contribution is 0.306. The summed E-state index contributed by atoms with van der Waals surface area (Å²) >= 11 is 18.1. The zero-order valence-corrected chi connectivity index (χ0v) is 13.1. The van der Waals surface area contributed by atoms with Crippen LogP contribution in [-0.2, 0) is 6.61 Å². The average molecular weight is 339 g/mol. The van der Waals surface area contributed by atoms with Crippen molar-refractivity contribution in [1.29, 1.82) is 5.26 Å². The molecule has 0 spiro atoms. The summed E-state index contributed by atoms with van der Waals surface area (Å²) in [6.07, 6.45) is 2.98. The Kier molecular flexibility index (Phi) is 5.52. The Balaban J connectivity index is 2.15. The molecule has 21 heavy (non-hydrogen) atoms. The fraction of sp³-hybridized carbons (Fsp3) is 0.0625. The standard InChI is InChI=1S/C16H10Cl3NO/c17-13-5-3-11(4-6-13)10-21-16-14(18)8-12(2-1-7-20)9-15(16)19/h1-6,8-9H,10H2. The summed E-state index contributed by atoms with van der Waals surface area (Å²) in [7, 11) is 0. The molecule has 0 fully saturated rings. The Hall–Kier alpha value is -1.66. The molecule has 2 aromatic carbocycles. The number of nitriles is 1. The Morgan fingerprint density at radius 2 is 1.67 bits per heavy atom. The third-order valence-corrected chi connectivity index (χ3v) is 3.48. The molecule has 0 atom stereocenters. The first kappa shape index (κ1) is 15.7. The molecule has 5 heteroatoms. The van der Waals surface area contributed by atoms with E-state index < -0.39 is 0 Å². The van der Waals surface area contributed by atoms with Gasteiger partial charge in [0.05, 0.1) is 16.1 Å². The molecular formula is C16H10Cl3NO. The van der Waals surface area contributed by atoms with Crippen LogP contribution in [0.1, 0.15) is 11.1 Å². The summed E-state index contributed by atoms with van der Waals surface area (Å²) in [5.74, 6) is 0.419. The lowest BCUT2D eigenvalue weighted by atomic mass is 10.2. The lowest BCUT2D eigenvalue weighted by Crippen LogP contribution is -1.96. The summed E-state index contributed by atoms with van der Waals surface area (Å²) in [6.45, 7) is 0.337. The van der Waals surface area contributed by atoms with Gasteiger partial charge in [-0.05, 0) is 41.5 Å². The van der Waals surface area contributed by atoms with Gasteiger partial charge < -0.3 is 4.74 Å². The van der Waals surface area contributed by atoms with Crippen LogP contribution >= 0.6 is 34.8 Å². The molecule has 106 valence electrons. The van der Waals surface area contributed by atoms with Crippen molar-refractivity contribution in [2.24, 2.45) is 0 Å². The Morgan fingerprint density at radius 1 is 1.05 bits per heavy atom. The zero-order chi connectivity index (χ0) is 15.2. The van der Waals surface area contributed by atoms with Crippen LogP contribution in [0.2, 0.25) is 15.1 Å². The summed E-state index contributed by atoms with van der Waals surface area (Å²) in [4.78, 5) is 0. The molecule has 0 saturated carbocycles. The van der Waals surface area contributed by atoms with E-state index >= 15 is 0 Å². The van der Waals surface area contributed by atoms with Crippen LogP contribution in [0.4, 0.5) is 0 Å². The maximum Gasteiger partial charge on any atom is 0.157 e.